The first-order chi connectivity index (χ1) is 20.3. The van der Waals surface area contributed by atoms with Crippen molar-refractivity contribution in [3.63, 3.8) is 0 Å². The van der Waals surface area contributed by atoms with Crippen molar-refractivity contribution >= 4 is 23.1 Å². The molecule has 2 aliphatic heterocycles. The van der Waals surface area contributed by atoms with Gasteiger partial charge in [0, 0.05) is 68.4 Å². The molecule has 2 aliphatic rings. The lowest BCUT2D eigenvalue weighted by atomic mass is 10.0. The molecule has 13 heteroatoms. The molecule has 2 N–H and O–H groups in total. The average molecular weight is 603 g/mol. The molecular formula is C30H34F4N6O3. The van der Waals surface area contributed by atoms with Crippen LogP contribution in [0.2, 0.25) is 0 Å². The SMILES string of the molecule is C[C@@H]1CN(c2ccc(-c3cc(NC(=O)c4c[nH]c(=O)cc4C(F)(F)F)c(N4CCN(C)[C@H](C)C4)cc3F)cn2)C[C@H](C)O1. The molecule has 0 aliphatic carbocycles. The third kappa shape index (κ3) is 6.67. The lowest BCUT2D eigenvalue weighted by Crippen LogP contribution is -2.50. The van der Waals surface area contributed by atoms with E-state index in [1.807, 2.05) is 32.7 Å². The number of ether oxygens (including phenoxy) is 1. The molecule has 2 saturated heterocycles. The van der Waals surface area contributed by atoms with Crippen molar-refractivity contribution in [2.75, 3.05) is 54.9 Å². The number of pyridine rings is 2. The quantitative estimate of drug-likeness (QED) is 0.413. The highest BCUT2D eigenvalue weighted by molar-refractivity contribution is 6.07. The first-order valence-corrected chi connectivity index (χ1v) is 14.1. The Hall–Kier alpha value is -3.97. The normalized spacial score (nSPS) is 21.6. The molecule has 230 valence electrons. The van der Waals surface area contributed by atoms with Crippen LogP contribution in [0.4, 0.5) is 34.8 Å². The first-order valence-electron chi connectivity index (χ1n) is 14.1. The number of nitrogens with zero attached hydrogens (tertiary/aromatic N) is 4. The lowest BCUT2D eigenvalue weighted by Gasteiger charge is -2.39. The summed E-state index contributed by atoms with van der Waals surface area (Å²) in [5.41, 5.74) is -2.07. The number of likely N-dealkylation sites (N-methyl/N-ethyl adjacent to an activating group) is 1. The Balaban J connectivity index is 1.52. The Morgan fingerprint density at radius 3 is 2.40 bits per heavy atom. The van der Waals surface area contributed by atoms with Gasteiger partial charge < -0.3 is 29.7 Å². The molecule has 4 heterocycles. The van der Waals surface area contributed by atoms with Crippen LogP contribution in [0.3, 0.4) is 0 Å². The van der Waals surface area contributed by atoms with E-state index in [1.54, 1.807) is 12.1 Å². The Bertz CT molecular complexity index is 1530. The van der Waals surface area contributed by atoms with E-state index in [4.69, 9.17) is 4.74 Å². The number of aromatic nitrogens is 2. The fraction of sp³-hybridized carbons (Fsp3) is 0.433. The Morgan fingerprint density at radius 1 is 1.05 bits per heavy atom. The fourth-order valence-electron chi connectivity index (χ4n) is 5.59. The van der Waals surface area contributed by atoms with E-state index in [0.29, 0.717) is 55.9 Å². The standard InChI is InChI=1S/C30H34F4N6O3/c1-17-14-39(8-7-38(17)4)26-11-24(31)21(20-5-6-27(35-12-20)40-15-18(2)43-19(3)16-40)9-25(26)37-29(42)22-13-36-28(41)10-23(22)30(32,33)34/h5-6,9-13,17-19H,7-8,14-16H2,1-4H3,(H,36,41)(H,37,42)/t17-,18-,19+/m1/s1. The second-order valence-corrected chi connectivity index (χ2v) is 11.3. The fourth-order valence-corrected chi connectivity index (χ4v) is 5.59. The Labute approximate surface area is 246 Å². The van der Waals surface area contributed by atoms with Crippen LogP contribution in [-0.4, -0.2) is 78.8 Å². The number of hydrogen-bond acceptors (Lipinski definition) is 7. The lowest BCUT2D eigenvalue weighted by molar-refractivity contribution is -0.138. The van der Waals surface area contributed by atoms with Gasteiger partial charge in [-0.25, -0.2) is 9.37 Å². The molecule has 0 saturated carbocycles. The third-order valence-electron chi connectivity index (χ3n) is 7.91. The molecule has 3 atom stereocenters. The number of amides is 1. The number of hydrogen-bond donors (Lipinski definition) is 2. The summed E-state index contributed by atoms with van der Waals surface area (Å²) >= 11 is 0. The molecule has 1 aromatic carbocycles. The van der Waals surface area contributed by atoms with E-state index in [9.17, 15) is 22.8 Å². The van der Waals surface area contributed by atoms with Crippen LogP contribution in [0.15, 0.2) is 47.5 Å². The van der Waals surface area contributed by atoms with E-state index >= 15 is 4.39 Å². The summed E-state index contributed by atoms with van der Waals surface area (Å²) in [6.07, 6.45) is -2.61. The number of rotatable bonds is 5. The van der Waals surface area contributed by atoms with E-state index in [0.717, 1.165) is 6.20 Å². The maximum Gasteiger partial charge on any atom is 0.417 e. The van der Waals surface area contributed by atoms with Crippen molar-refractivity contribution in [2.24, 2.45) is 0 Å². The molecular weight excluding hydrogens is 568 g/mol. The predicted molar refractivity (Wildman–Crippen MR) is 156 cm³/mol. The minimum Gasteiger partial charge on any atom is -0.372 e. The van der Waals surface area contributed by atoms with Crippen molar-refractivity contribution < 1.29 is 27.1 Å². The minimum absolute atomic E-state index is 0.0268. The average Bonchev–Trinajstić information content (AvgIpc) is 2.94. The van der Waals surface area contributed by atoms with Gasteiger partial charge in [-0.15, -0.1) is 0 Å². The summed E-state index contributed by atoms with van der Waals surface area (Å²) in [5, 5.41) is 2.57. The molecule has 2 aromatic heterocycles. The number of H-pyrrole nitrogens is 1. The van der Waals surface area contributed by atoms with Crippen LogP contribution in [0, 0.1) is 5.82 Å². The highest BCUT2D eigenvalue weighted by Crippen LogP contribution is 2.37. The van der Waals surface area contributed by atoms with Crippen LogP contribution in [0.1, 0.15) is 36.7 Å². The summed E-state index contributed by atoms with van der Waals surface area (Å²) in [5.74, 6) is -0.947. The van der Waals surface area contributed by atoms with Gasteiger partial charge in [0.15, 0.2) is 0 Å². The van der Waals surface area contributed by atoms with Crippen LogP contribution >= 0.6 is 0 Å². The van der Waals surface area contributed by atoms with E-state index < -0.39 is 34.6 Å². The monoisotopic (exact) mass is 602 g/mol. The summed E-state index contributed by atoms with van der Waals surface area (Å²) in [4.78, 5) is 37.7. The Kier molecular flexibility index (Phi) is 8.48. The van der Waals surface area contributed by atoms with Crippen LogP contribution in [0.5, 0.6) is 0 Å². The number of anilines is 3. The van der Waals surface area contributed by atoms with Gasteiger partial charge in [-0.2, -0.15) is 13.2 Å². The second-order valence-electron chi connectivity index (χ2n) is 11.3. The number of benzene rings is 1. The van der Waals surface area contributed by atoms with Gasteiger partial charge in [0.2, 0.25) is 5.56 Å². The number of aromatic amines is 1. The second kappa shape index (κ2) is 12.0. The molecule has 0 unspecified atom stereocenters. The predicted octanol–water partition coefficient (Wildman–Crippen LogP) is 4.60. The maximum absolute atomic E-state index is 15.7. The largest absolute Gasteiger partial charge is 0.417 e. The molecule has 1 amide bonds. The van der Waals surface area contributed by atoms with Crippen molar-refractivity contribution in [1.82, 2.24) is 14.9 Å². The minimum atomic E-state index is -4.94. The number of carbonyl (C=O) groups excluding carboxylic acids is 1. The van der Waals surface area contributed by atoms with Crippen LogP contribution < -0.4 is 20.7 Å². The maximum atomic E-state index is 15.7. The van der Waals surface area contributed by atoms with E-state index in [-0.39, 0.29) is 29.5 Å². The summed E-state index contributed by atoms with van der Waals surface area (Å²) in [6.45, 7) is 8.98. The van der Waals surface area contributed by atoms with Gasteiger partial charge in [-0.1, -0.05) is 0 Å². The summed E-state index contributed by atoms with van der Waals surface area (Å²) < 4.78 is 62.7. The van der Waals surface area contributed by atoms with E-state index in [1.165, 1.54) is 18.3 Å². The molecule has 0 radical (unpaired) electrons. The van der Waals surface area contributed by atoms with Gasteiger partial charge in [0.05, 0.1) is 34.7 Å². The highest BCUT2D eigenvalue weighted by atomic mass is 19.4. The van der Waals surface area contributed by atoms with Gasteiger partial charge in [0.25, 0.3) is 5.91 Å². The zero-order valence-corrected chi connectivity index (χ0v) is 24.3. The number of alkyl halides is 3. The van der Waals surface area contributed by atoms with Gasteiger partial charge in [-0.3, -0.25) is 9.59 Å². The van der Waals surface area contributed by atoms with E-state index in [2.05, 4.69) is 25.1 Å². The number of nitrogens with one attached hydrogen (secondary N) is 2. The molecule has 3 aromatic rings. The zero-order valence-electron chi connectivity index (χ0n) is 24.3. The zero-order chi connectivity index (χ0) is 31.1. The van der Waals surface area contributed by atoms with Gasteiger partial charge in [-0.05, 0) is 52.1 Å². The number of piperazine rings is 1. The smallest absolute Gasteiger partial charge is 0.372 e. The molecule has 0 bridgehead atoms. The molecule has 2 fully saturated rings. The third-order valence-corrected chi connectivity index (χ3v) is 7.91. The van der Waals surface area contributed by atoms with Gasteiger partial charge >= 0.3 is 6.18 Å². The summed E-state index contributed by atoms with van der Waals surface area (Å²) in [7, 11) is 1.97. The molecule has 5 rings (SSSR count). The number of carbonyl (C=O) groups is 1. The van der Waals surface area contributed by atoms with Crippen LogP contribution in [0.25, 0.3) is 11.1 Å². The van der Waals surface area contributed by atoms with Crippen molar-refractivity contribution in [3.05, 3.63) is 70.0 Å². The molecule has 9 nitrogen and oxygen atoms in total. The molecule has 0 spiro atoms. The topological polar surface area (TPSA) is 93.8 Å². The van der Waals surface area contributed by atoms with Crippen LogP contribution in [-0.2, 0) is 10.9 Å². The van der Waals surface area contributed by atoms with Crippen molar-refractivity contribution in [2.45, 2.75) is 45.2 Å². The number of halogens is 4. The highest BCUT2D eigenvalue weighted by Gasteiger charge is 2.36. The number of morpholine rings is 1. The Morgan fingerprint density at radius 2 is 1.77 bits per heavy atom. The van der Waals surface area contributed by atoms with Crippen molar-refractivity contribution in [3.8, 4) is 11.1 Å². The van der Waals surface area contributed by atoms with Crippen molar-refractivity contribution in [1.29, 1.82) is 0 Å². The van der Waals surface area contributed by atoms with Gasteiger partial charge in [0.1, 0.15) is 11.6 Å². The summed E-state index contributed by atoms with van der Waals surface area (Å²) in [6, 6.07) is 6.66. The molecule has 43 heavy (non-hydrogen) atoms. The first kappa shape index (κ1) is 30.5.